The molecule has 0 unspecified atom stereocenters. The summed E-state index contributed by atoms with van der Waals surface area (Å²) in [6.07, 6.45) is 0.419. The van der Waals surface area contributed by atoms with Crippen LogP contribution in [0, 0.1) is 0 Å². The number of hydrogen-bond donors (Lipinski definition) is 1. The molecule has 0 radical (unpaired) electrons. The molecular weight excluding hydrogens is 242 g/mol. The van der Waals surface area contributed by atoms with Crippen molar-refractivity contribution in [2.24, 2.45) is 5.73 Å². The molecule has 1 aromatic carbocycles. The van der Waals surface area contributed by atoms with E-state index in [-0.39, 0.29) is 10.6 Å². The van der Waals surface area contributed by atoms with E-state index < -0.39 is 9.84 Å². The minimum atomic E-state index is -3.38. The topological polar surface area (TPSA) is 78.6 Å². The number of hydrogen-bond acceptors (Lipinski definition) is 5. The summed E-state index contributed by atoms with van der Waals surface area (Å²) in [6, 6.07) is 4.69. The van der Waals surface area contributed by atoms with E-state index in [0.717, 1.165) is 0 Å². The van der Waals surface area contributed by atoms with Crippen molar-refractivity contribution in [3.05, 3.63) is 18.2 Å². The van der Waals surface area contributed by atoms with Gasteiger partial charge in [0.15, 0.2) is 9.84 Å². The summed E-state index contributed by atoms with van der Waals surface area (Å²) in [5, 5.41) is 0. The van der Waals surface area contributed by atoms with Gasteiger partial charge < -0.3 is 15.2 Å². The molecule has 0 saturated heterocycles. The molecule has 17 heavy (non-hydrogen) atoms. The molecule has 0 saturated carbocycles. The predicted octanol–water partition coefficient (Wildman–Crippen LogP) is 0.826. The maximum atomic E-state index is 12.0. The Bertz CT molecular complexity index is 470. The number of nitrogens with two attached hydrogens (primary N) is 1. The van der Waals surface area contributed by atoms with Crippen LogP contribution in [0.3, 0.4) is 0 Å². The summed E-state index contributed by atoms with van der Waals surface area (Å²) in [5.74, 6) is 0.812. The summed E-state index contributed by atoms with van der Waals surface area (Å²) in [4.78, 5) is 0.146. The zero-order chi connectivity index (χ0) is 12.9. The first-order valence-electron chi connectivity index (χ1n) is 5.20. The number of ether oxygens (including phenoxy) is 2. The van der Waals surface area contributed by atoms with Crippen molar-refractivity contribution in [2.75, 3.05) is 26.5 Å². The van der Waals surface area contributed by atoms with Crippen LogP contribution in [-0.4, -0.2) is 34.9 Å². The molecule has 1 rings (SSSR count). The van der Waals surface area contributed by atoms with Crippen LogP contribution in [0.25, 0.3) is 0 Å². The highest BCUT2D eigenvalue weighted by molar-refractivity contribution is 7.91. The molecule has 0 aliphatic rings. The Morgan fingerprint density at radius 2 is 1.94 bits per heavy atom. The molecule has 0 amide bonds. The molecule has 96 valence electrons. The SMILES string of the molecule is COc1ccc(OC)c(S(=O)(=O)CCCN)c1. The first kappa shape index (κ1) is 13.8. The standard InChI is InChI=1S/C11H17NO4S/c1-15-9-4-5-10(16-2)11(8-9)17(13,14)7-3-6-12/h4-5,8H,3,6-7,12H2,1-2H3. The van der Waals surface area contributed by atoms with Crippen molar-refractivity contribution < 1.29 is 17.9 Å². The van der Waals surface area contributed by atoms with Crippen LogP contribution < -0.4 is 15.2 Å². The first-order chi connectivity index (χ1) is 8.05. The van der Waals surface area contributed by atoms with Crippen LogP contribution in [0.1, 0.15) is 6.42 Å². The predicted molar refractivity (Wildman–Crippen MR) is 65.3 cm³/mol. The number of rotatable bonds is 6. The van der Waals surface area contributed by atoms with Crippen molar-refractivity contribution in [1.82, 2.24) is 0 Å². The normalized spacial score (nSPS) is 11.2. The van der Waals surface area contributed by atoms with Crippen molar-refractivity contribution in [2.45, 2.75) is 11.3 Å². The van der Waals surface area contributed by atoms with Crippen LogP contribution in [0.5, 0.6) is 11.5 Å². The average molecular weight is 259 g/mol. The molecule has 5 nitrogen and oxygen atoms in total. The molecule has 6 heteroatoms. The van der Waals surface area contributed by atoms with E-state index in [2.05, 4.69) is 0 Å². The summed E-state index contributed by atoms with van der Waals surface area (Å²) in [6.45, 7) is 0.339. The zero-order valence-corrected chi connectivity index (χ0v) is 10.8. The maximum absolute atomic E-state index is 12.0. The van der Waals surface area contributed by atoms with Crippen LogP contribution in [0.4, 0.5) is 0 Å². The molecule has 0 heterocycles. The van der Waals surface area contributed by atoms with Gasteiger partial charge in [-0.2, -0.15) is 0 Å². The van der Waals surface area contributed by atoms with Gasteiger partial charge in [-0.05, 0) is 25.1 Å². The highest BCUT2D eigenvalue weighted by Crippen LogP contribution is 2.29. The second kappa shape index (κ2) is 5.88. The Kier molecular flexibility index (Phi) is 4.77. The number of methoxy groups -OCH3 is 2. The fourth-order valence-corrected chi connectivity index (χ4v) is 2.93. The van der Waals surface area contributed by atoms with Crippen molar-refractivity contribution in [3.8, 4) is 11.5 Å². The third-order valence-corrected chi connectivity index (χ3v) is 4.14. The fourth-order valence-electron chi connectivity index (χ4n) is 1.41. The molecule has 0 bridgehead atoms. The monoisotopic (exact) mass is 259 g/mol. The van der Waals surface area contributed by atoms with Crippen LogP contribution >= 0.6 is 0 Å². The average Bonchev–Trinajstić information content (AvgIpc) is 2.35. The van der Waals surface area contributed by atoms with Gasteiger partial charge in [-0.25, -0.2) is 8.42 Å². The molecule has 0 aliphatic heterocycles. The lowest BCUT2D eigenvalue weighted by atomic mass is 10.3. The Morgan fingerprint density at radius 3 is 2.47 bits per heavy atom. The van der Waals surface area contributed by atoms with E-state index in [9.17, 15) is 8.42 Å². The van der Waals surface area contributed by atoms with Gasteiger partial charge in [0.05, 0.1) is 20.0 Å². The van der Waals surface area contributed by atoms with Crippen LogP contribution in [-0.2, 0) is 9.84 Å². The quantitative estimate of drug-likeness (QED) is 0.818. The molecule has 0 spiro atoms. The highest BCUT2D eigenvalue weighted by Gasteiger charge is 2.19. The van der Waals surface area contributed by atoms with Crippen molar-refractivity contribution in [3.63, 3.8) is 0 Å². The van der Waals surface area contributed by atoms with Gasteiger partial charge >= 0.3 is 0 Å². The summed E-state index contributed by atoms with van der Waals surface area (Å²) < 4.78 is 34.2. The zero-order valence-electron chi connectivity index (χ0n) is 9.97. The van der Waals surface area contributed by atoms with Gasteiger partial charge in [0.1, 0.15) is 16.4 Å². The third-order valence-electron chi connectivity index (χ3n) is 2.32. The molecule has 1 aromatic rings. The fraction of sp³-hybridized carbons (Fsp3) is 0.455. The van der Waals surface area contributed by atoms with Gasteiger partial charge in [-0.1, -0.05) is 0 Å². The summed E-state index contributed by atoms with van der Waals surface area (Å²) >= 11 is 0. The van der Waals surface area contributed by atoms with Gasteiger partial charge in [-0.3, -0.25) is 0 Å². The minimum absolute atomic E-state index is 0.00697. The summed E-state index contributed by atoms with van der Waals surface area (Å²) in [7, 11) is -0.464. The van der Waals surface area contributed by atoms with E-state index in [1.54, 1.807) is 12.1 Å². The maximum Gasteiger partial charge on any atom is 0.182 e. The number of benzene rings is 1. The first-order valence-corrected chi connectivity index (χ1v) is 6.85. The largest absolute Gasteiger partial charge is 0.497 e. The van der Waals surface area contributed by atoms with E-state index in [4.69, 9.17) is 15.2 Å². The van der Waals surface area contributed by atoms with Crippen LogP contribution in [0.15, 0.2) is 23.1 Å². The second-order valence-electron chi connectivity index (χ2n) is 3.48. The van der Waals surface area contributed by atoms with E-state index in [1.165, 1.54) is 20.3 Å². The Morgan fingerprint density at radius 1 is 1.24 bits per heavy atom. The molecule has 2 N–H and O–H groups in total. The molecule has 0 aromatic heterocycles. The molecule has 0 atom stereocenters. The Hall–Kier alpha value is -1.27. The van der Waals surface area contributed by atoms with E-state index in [1.807, 2.05) is 0 Å². The van der Waals surface area contributed by atoms with Crippen molar-refractivity contribution >= 4 is 9.84 Å². The lowest BCUT2D eigenvalue weighted by Crippen LogP contribution is -2.12. The second-order valence-corrected chi connectivity index (χ2v) is 5.56. The van der Waals surface area contributed by atoms with E-state index >= 15 is 0 Å². The molecular formula is C11H17NO4S. The van der Waals surface area contributed by atoms with Crippen molar-refractivity contribution in [1.29, 1.82) is 0 Å². The molecule has 0 aliphatic carbocycles. The van der Waals surface area contributed by atoms with Crippen LogP contribution in [0.2, 0.25) is 0 Å². The summed E-state index contributed by atoms with van der Waals surface area (Å²) in [5.41, 5.74) is 5.32. The number of sulfone groups is 1. The van der Waals surface area contributed by atoms with Gasteiger partial charge in [-0.15, -0.1) is 0 Å². The third kappa shape index (κ3) is 3.34. The van der Waals surface area contributed by atoms with Gasteiger partial charge in [0.2, 0.25) is 0 Å². The lowest BCUT2D eigenvalue weighted by molar-refractivity contribution is 0.392. The Balaban J connectivity index is 3.17. The smallest absolute Gasteiger partial charge is 0.182 e. The minimum Gasteiger partial charge on any atom is -0.497 e. The Labute approximate surface area is 101 Å². The van der Waals surface area contributed by atoms with Gasteiger partial charge in [0, 0.05) is 6.07 Å². The lowest BCUT2D eigenvalue weighted by Gasteiger charge is -2.10. The highest BCUT2D eigenvalue weighted by atomic mass is 32.2. The van der Waals surface area contributed by atoms with E-state index in [0.29, 0.717) is 24.5 Å². The van der Waals surface area contributed by atoms with Gasteiger partial charge in [0.25, 0.3) is 0 Å². The molecule has 0 fully saturated rings.